The number of ether oxygens (including phenoxy) is 1. The number of rotatable bonds is 6. The molecular formula is C15H23ClN2O. The summed E-state index contributed by atoms with van der Waals surface area (Å²) in [5.41, 5.74) is 0.412. The summed E-state index contributed by atoms with van der Waals surface area (Å²) in [5, 5.41) is 4.18. The largest absolute Gasteiger partial charge is 0.492 e. The van der Waals surface area contributed by atoms with Crippen molar-refractivity contribution in [2.45, 2.75) is 13.3 Å². The number of hydrogen-bond acceptors (Lipinski definition) is 3. The topological polar surface area (TPSA) is 24.5 Å². The van der Waals surface area contributed by atoms with E-state index in [1.807, 2.05) is 24.3 Å². The maximum Gasteiger partial charge on any atom is 0.119 e. The first-order valence-electron chi connectivity index (χ1n) is 6.85. The van der Waals surface area contributed by atoms with E-state index in [4.69, 9.17) is 16.3 Å². The van der Waals surface area contributed by atoms with Crippen molar-refractivity contribution in [1.29, 1.82) is 0 Å². The quantitative estimate of drug-likeness (QED) is 0.868. The molecule has 0 amide bonds. The van der Waals surface area contributed by atoms with Gasteiger partial charge in [0.15, 0.2) is 0 Å². The molecule has 1 aliphatic heterocycles. The van der Waals surface area contributed by atoms with Gasteiger partial charge in [0.25, 0.3) is 0 Å². The Kier molecular flexibility index (Phi) is 5.08. The summed E-state index contributed by atoms with van der Waals surface area (Å²) in [7, 11) is 2.16. The van der Waals surface area contributed by atoms with Gasteiger partial charge in [0.2, 0.25) is 0 Å². The molecule has 1 aromatic carbocycles. The zero-order valence-corrected chi connectivity index (χ0v) is 12.5. The molecule has 19 heavy (non-hydrogen) atoms. The van der Waals surface area contributed by atoms with E-state index >= 15 is 0 Å². The normalized spacial score (nSPS) is 22.9. The third-order valence-electron chi connectivity index (χ3n) is 3.66. The fraction of sp³-hybridized carbons (Fsp3) is 0.600. The Hall–Kier alpha value is -0.770. The van der Waals surface area contributed by atoms with E-state index in [0.29, 0.717) is 12.0 Å². The number of likely N-dealkylation sites (N-methyl/N-ethyl adjacent to an activating group) is 1. The summed E-state index contributed by atoms with van der Waals surface area (Å²) in [6, 6.07) is 7.52. The Balaban J connectivity index is 1.69. The monoisotopic (exact) mass is 282 g/mol. The highest BCUT2D eigenvalue weighted by atomic mass is 35.5. The third-order valence-corrected chi connectivity index (χ3v) is 3.92. The van der Waals surface area contributed by atoms with Gasteiger partial charge in [0, 0.05) is 24.7 Å². The summed E-state index contributed by atoms with van der Waals surface area (Å²) in [6.45, 7) is 7.38. The highest BCUT2D eigenvalue weighted by molar-refractivity contribution is 6.30. The van der Waals surface area contributed by atoms with Gasteiger partial charge in [0.05, 0.1) is 0 Å². The van der Waals surface area contributed by atoms with Gasteiger partial charge in [0.1, 0.15) is 12.4 Å². The Morgan fingerprint density at radius 1 is 1.37 bits per heavy atom. The molecule has 1 saturated heterocycles. The van der Waals surface area contributed by atoms with Crippen LogP contribution in [0.4, 0.5) is 0 Å². The van der Waals surface area contributed by atoms with E-state index < -0.39 is 0 Å². The van der Waals surface area contributed by atoms with Gasteiger partial charge in [-0.3, -0.25) is 0 Å². The molecule has 3 nitrogen and oxygen atoms in total. The lowest BCUT2D eigenvalue weighted by atomic mass is 9.89. The Labute approximate surface area is 120 Å². The van der Waals surface area contributed by atoms with Gasteiger partial charge >= 0.3 is 0 Å². The molecule has 1 aliphatic rings. The first kappa shape index (κ1) is 14.6. The molecule has 1 atom stereocenters. The van der Waals surface area contributed by atoms with Gasteiger partial charge in [-0.05, 0) is 49.7 Å². The van der Waals surface area contributed by atoms with Gasteiger partial charge in [-0.25, -0.2) is 0 Å². The molecule has 4 heteroatoms. The summed E-state index contributed by atoms with van der Waals surface area (Å²) < 4.78 is 5.71. The zero-order valence-electron chi connectivity index (χ0n) is 11.8. The van der Waals surface area contributed by atoms with E-state index in [1.165, 1.54) is 6.42 Å². The highest BCUT2D eigenvalue weighted by Gasteiger charge is 2.29. The standard InChI is InChI=1S/C15H23ClN2O/c1-15(7-8-17-11-15)12-18(2)9-10-19-14-5-3-13(16)4-6-14/h3-6,17H,7-12H2,1-2H3. The molecule has 1 unspecified atom stereocenters. The van der Waals surface area contributed by atoms with E-state index in [-0.39, 0.29) is 0 Å². The van der Waals surface area contributed by atoms with Crippen molar-refractivity contribution in [2.24, 2.45) is 5.41 Å². The fourth-order valence-electron chi connectivity index (χ4n) is 2.58. The van der Waals surface area contributed by atoms with Crippen LogP contribution in [0.3, 0.4) is 0 Å². The lowest BCUT2D eigenvalue weighted by molar-refractivity contribution is 0.177. The fourth-order valence-corrected chi connectivity index (χ4v) is 2.71. The maximum atomic E-state index is 5.84. The van der Waals surface area contributed by atoms with Crippen LogP contribution in [0.2, 0.25) is 5.02 Å². The summed E-state index contributed by atoms with van der Waals surface area (Å²) in [6.07, 6.45) is 1.26. The number of halogens is 1. The lowest BCUT2D eigenvalue weighted by Gasteiger charge is -2.29. The molecule has 1 fully saturated rings. The molecule has 0 spiro atoms. The second kappa shape index (κ2) is 6.60. The van der Waals surface area contributed by atoms with Gasteiger partial charge in [-0.2, -0.15) is 0 Å². The molecule has 1 aromatic rings. The predicted molar refractivity (Wildman–Crippen MR) is 80.0 cm³/mol. The van der Waals surface area contributed by atoms with Crippen molar-refractivity contribution >= 4 is 11.6 Å². The first-order chi connectivity index (χ1) is 9.07. The van der Waals surface area contributed by atoms with Gasteiger partial charge in [-0.1, -0.05) is 18.5 Å². The van der Waals surface area contributed by atoms with E-state index in [2.05, 4.69) is 24.2 Å². The minimum Gasteiger partial charge on any atom is -0.492 e. The van der Waals surface area contributed by atoms with Crippen LogP contribution in [-0.4, -0.2) is 44.7 Å². The van der Waals surface area contributed by atoms with Crippen LogP contribution in [-0.2, 0) is 0 Å². The number of nitrogens with one attached hydrogen (secondary N) is 1. The Morgan fingerprint density at radius 2 is 2.11 bits per heavy atom. The number of hydrogen-bond donors (Lipinski definition) is 1. The van der Waals surface area contributed by atoms with E-state index in [1.54, 1.807) is 0 Å². The van der Waals surface area contributed by atoms with Crippen molar-refractivity contribution < 1.29 is 4.74 Å². The van der Waals surface area contributed by atoms with Crippen LogP contribution in [0.5, 0.6) is 5.75 Å². The minimum atomic E-state index is 0.412. The molecule has 0 aromatic heterocycles. The Bertz CT molecular complexity index is 388. The number of benzene rings is 1. The van der Waals surface area contributed by atoms with E-state index in [9.17, 15) is 0 Å². The Morgan fingerprint density at radius 3 is 2.74 bits per heavy atom. The van der Waals surface area contributed by atoms with Crippen molar-refractivity contribution in [2.75, 3.05) is 39.8 Å². The highest BCUT2D eigenvalue weighted by Crippen LogP contribution is 2.25. The molecule has 2 rings (SSSR count). The summed E-state index contributed by atoms with van der Waals surface area (Å²) in [4.78, 5) is 2.35. The second-order valence-electron chi connectivity index (χ2n) is 5.78. The maximum absolute atomic E-state index is 5.84. The molecule has 1 N–H and O–H groups in total. The SMILES string of the molecule is CN(CCOc1ccc(Cl)cc1)CC1(C)CCNC1. The van der Waals surface area contributed by atoms with Crippen molar-refractivity contribution in [3.8, 4) is 5.75 Å². The smallest absolute Gasteiger partial charge is 0.119 e. The third kappa shape index (κ3) is 4.68. The van der Waals surface area contributed by atoms with E-state index in [0.717, 1.165) is 37.0 Å². The first-order valence-corrected chi connectivity index (χ1v) is 7.23. The van der Waals surface area contributed by atoms with Crippen molar-refractivity contribution in [1.82, 2.24) is 10.2 Å². The predicted octanol–water partition coefficient (Wildman–Crippen LogP) is 2.65. The van der Waals surface area contributed by atoms with Gasteiger partial charge < -0.3 is 15.0 Å². The van der Waals surface area contributed by atoms with Crippen molar-refractivity contribution in [3.05, 3.63) is 29.3 Å². The van der Waals surface area contributed by atoms with Crippen LogP contribution in [0.25, 0.3) is 0 Å². The molecule has 0 saturated carbocycles. The molecule has 106 valence electrons. The number of nitrogens with zero attached hydrogens (tertiary/aromatic N) is 1. The molecule has 1 heterocycles. The average molecular weight is 283 g/mol. The summed E-state index contributed by atoms with van der Waals surface area (Å²) >= 11 is 5.84. The lowest BCUT2D eigenvalue weighted by Crippen LogP contribution is -2.37. The van der Waals surface area contributed by atoms with Crippen LogP contribution in [0.1, 0.15) is 13.3 Å². The van der Waals surface area contributed by atoms with Crippen molar-refractivity contribution in [3.63, 3.8) is 0 Å². The van der Waals surface area contributed by atoms with Crippen LogP contribution >= 0.6 is 11.6 Å². The minimum absolute atomic E-state index is 0.412. The van der Waals surface area contributed by atoms with Crippen LogP contribution < -0.4 is 10.1 Å². The zero-order chi connectivity index (χ0) is 13.7. The molecule has 0 aliphatic carbocycles. The summed E-state index contributed by atoms with van der Waals surface area (Å²) in [5.74, 6) is 0.881. The van der Waals surface area contributed by atoms with Gasteiger partial charge in [-0.15, -0.1) is 0 Å². The van der Waals surface area contributed by atoms with Crippen LogP contribution in [0.15, 0.2) is 24.3 Å². The second-order valence-corrected chi connectivity index (χ2v) is 6.21. The average Bonchev–Trinajstić information content (AvgIpc) is 2.78. The molecular weight excluding hydrogens is 260 g/mol. The molecule has 0 bridgehead atoms. The van der Waals surface area contributed by atoms with Crippen LogP contribution in [0, 0.1) is 5.41 Å². The molecule has 0 radical (unpaired) electrons.